The number of piperidine rings is 2. The minimum Gasteiger partial charge on any atom is -0.342 e. The van der Waals surface area contributed by atoms with Crippen LogP contribution in [0.5, 0.6) is 0 Å². The Balaban J connectivity index is 1.47. The van der Waals surface area contributed by atoms with Crippen LogP contribution in [0.4, 0.5) is 0 Å². The average Bonchev–Trinajstić information content (AvgIpc) is 2.73. The molecule has 0 N–H and O–H groups in total. The van der Waals surface area contributed by atoms with Crippen molar-refractivity contribution in [1.82, 2.24) is 14.8 Å². The van der Waals surface area contributed by atoms with Crippen LogP contribution < -0.4 is 0 Å². The Hall–Kier alpha value is -2.20. The van der Waals surface area contributed by atoms with Crippen LogP contribution in [0.1, 0.15) is 43.2 Å². The molecule has 2 saturated heterocycles. The standard InChI is InChI=1S/C23H29N3O/c1-2-26-18-23(16-21(22(26)27)20-6-4-3-5-7-20)10-14-25(15-11-23)17-19-8-12-24-13-9-19/h3-9,12-13,21H,2,10-11,14-18H2,1H3/t21-/m1/s1. The number of hydrogen-bond donors (Lipinski definition) is 0. The van der Waals surface area contributed by atoms with Crippen LogP contribution in [0.2, 0.25) is 0 Å². The van der Waals surface area contributed by atoms with Gasteiger partial charge in [0.1, 0.15) is 0 Å². The molecule has 1 aromatic heterocycles. The van der Waals surface area contributed by atoms with Gasteiger partial charge in [0.05, 0.1) is 5.92 Å². The Morgan fingerprint density at radius 3 is 2.44 bits per heavy atom. The molecule has 4 rings (SSSR count). The third-order valence-electron chi connectivity index (χ3n) is 6.43. The highest BCUT2D eigenvalue weighted by Gasteiger charge is 2.45. The van der Waals surface area contributed by atoms with E-state index >= 15 is 0 Å². The lowest BCUT2D eigenvalue weighted by Gasteiger charge is -2.50. The third-order valence-corrected chi connectivity index (χ3v) is 6.43. The second kappa shape index (κ2) is 7.81. The molecule has 0 bridgehead atoms. The Morgan fingerprint density at radius 1 is 1.07 bits per heavy atom. The number of aromatic nitrogens is 1. The van der Waals surface area contributed by atoms with Crippen molar-refractivity contribution in [3.63, 3.8) is 0 Å². The van der Waals surface area contributed by atoms with Gasteiger partial charge in [0, 0.05) is 32.0 Å². The number of pyridine rings is 1. The normalized spacial score (nSPS) is 22.9. The Labute approximate surface area is 162 Å². The molecule has 142 valence electrons. The van der Waals surface area contributed by atoms with Crippen molar-refractivity contribution in [2.24, 2.45) is 5.41 Å². The van der Waals surface area contributed by atoms with Crippen LogP contribution in [0.3, 0.4) is 0 Å². The number of likely N-dealkylation sites (tertiary alicyclic amines) is 2. The monoisotopic (exact) mass is 363 g/mol. The van der Waals surface area contributed by atoms with Gasteiger partial charge < -0.3 is 4.90 Å². The molecule has 1 aromatic carbocycles. The Kier molecular flexibility index (Phi) is 5.26. The van der Waals surface area contributed by atoms with Gasteiger partial charge in [-0.1, -0.05) is 30.3 Å². The summed E-state index contributed by atoms with van der Waals surface area (Å²) in [6, 6.07) is 14.6. The maximum atomic E-state index is 13.0. The zero-order valence-corrected chi connectivity index (χ0v) is 16.2. The van der Waals surface area contributed by atoms with Crippen LogP contribution in [0, 0.1) is 5.41 Å². The second-order valence-corrected chi connectivity index (χ2v) is 8.15. The first-order chi connectivity index (χ1) is 13.2. The number of rotatable bonds is 4. The number of carbonyl (C=O) groups excluding carboxylic acids is 1. The minimum absolute atomic E-state index is 0.0200. The molecule has 2 aliphatic rings. The van der Waals surface area contributed by atoms with Gasteiger partial charge in [-0.15, -0.1) is 0 Å². The van der Waals surface area contributed by atoms with E-state index in [-0.39, 0.29) is 11.3 Å². The van der Waals surface area contributed by atoms with Gasteiger partial charge in [-0.05, 0) is 68.0 Å². The predicted octanol–water partition coefficient (Wildman–Crippen LogP) is 3.70. The quantitative estimate of drug-likeness (QED) is 0.831. The van der Waals surface area contributed by atoms with E-state index in [0.29, 0.717) is 5.91 Å². The summed E-state index contributed by atoms with van der Waals surface area (Å²) < 4.78 is 0. The maximum absolute atomic E-state index is 13.0. The maximum Gasteiger partial charge on any atom is 0.230 e. The highest BCUT2D eigenvalue weighted by molar-refractivity contribution is 5.84. The number of likely N-dealkylation sites (N-methyl/N-ethyl adjacent to an activating group) is 1. The molecule has 4 nitrogen and oxygen atoms in total. The molecule has 3 heterocycles. The van der Waals surface area contributed by atoms with Crippen molar-refractivity contribution in [3.8, 4) is 0 Å². The Morgan fingerprint density at radius 2 is 1.78 bits per heavy atom. The van der Waals surface area contributed by atoms with Gasteiger partial charge in [-0.25, -0.2) is 0 Å². The summed E-state index contributed by atoms with van der Waals surface area (Å²) in [6.07, 6.45) is 7.08. The zero-order chi connectivity index (χ0) is 18.7. The van der Waals surface area contributed by atoms with Gasteiger partial charge in [0.25, 0.3) is 0 Å². The molecule has 0 saturated carbocycles. The summed E-state index contributed by atoms with van der Waals surface area (Å²) >= 11 is 0. The first-order valence-corrected chi connectivity index (χ1v) is 10.1. The molecular formula is C23H29N3O. The van der Waals surface area contributed by atoms with E-state index in [1.54, 1.807) is 0 Å². The van der Waals surface area contributed by atoms with Crippen molar-refractivity contribution in [2.75, 3.05) is 26.2 Å². The molecule has 0 aliphatic carbocycles. The first-order valence-electron chi connectivity index (χ1n) is 10.1. The summed E-state index contributed by atoms with van der Waals surface area (Å²) in [5.41, 5.74) is 2.77. The fraction of sp³-hybridized carbons (Fsp3) is 0.478. The molecular weight excluding hydrogens is 334 g/mol. The van der Waals surface area contributed by atoms with Gasteiger partial charge >= 0.3 is 0 Å². The zero-order valence-electron chi connectivity index (χ0n) is 16.2. The van der Waals surface area contributed by atoms with Crippen LogP contribution in [0.25, 0.3) is 0 Å². The van der Waals surface area contributed by atoms with Crippen LogP contribution in [-0.2, 0) is 11.3 Å². The molecule has 2 fully saturated rings. The van der Waals surface area contributed by atoms with Gasteiger partial charge in [-0.2, -0.15) is 0 Å². The largest absolute Gasteiger partial charge is 0.342 e. The fourth-order valence-corrected chi connectivity index (χ4v) is 4.80. The molecule has 1 spiro atoms. The van der Waals surface area contributed by atoms with Gasteiger partial charge in [-0.3, -0.25) is 14.7 Å². The molecule has 4 heteroatoms. The van der Waals surface area contributed by atoms with Crippen molar-refractivity contribution in [1.29, 1.82) is 0 Å². The van der Waals surface area contributed by atoms with Crippen molar-refractivity contribution in [3.05, 3.63) is 66.0 Å². The summed E-state index contributed by atoms with van der Waals surface area (Å²) in [6.45, 7) is 7.05. The summed E-state index contributed by atoms with van der Waals surface area (Å²) in [7, 11) is 0. The Bertz CT molecular complexity index is 754. The van der Waals surface area contributed by atoms with Crippen molar-refractivity contribution in [2.45, 2.75) is 38.6 Å². The van der Waals surface area contributed by atoms with Gasteiger partial charge in [0.2, 0.25) is 5.91 Å². The lowest BCUT2D eigenvalue weighted by molar-refractivity contribution is -0.141. The minimum atomic E-state index is 0.0200. The van der Waals surface area contributed by atoms with E-state index in [9.17, 15) is 4.79 Å². The summed E-state index contributed by atoms with van der Waals surface area (Å²) in [4.78, 5) is 21.8. The average molecular weight is 364 g/mol. The van der Waals surface area contributed by atoms with Crippen LogP contribution in [0.15, 0.2) is 54.9 Å². The van der Waals surface area contributed by atoms with E-state index in [1.165, 1.54) is 24.0 Å². The molecule has 0 radical (unpaired) electrons. The van der Waals surface area contributed by atoms with Crippen molar-refractivity contribution >= 4 is 5.91 Å². The number of benzene rings is 1. The topological polar surface area (TPSA) is 36.4 Å². The highest BCUT2D eigenvalue weighted by atomic mass is 16.2. The van der Waals surface area contributed by atoms with Crippen molar-refractivity contribution < 1.29 is 4.79 Å². The molecule has 27 heavy (non-hydrogen) atoms. The highest BCUT2D eigenvalue weighted by Crippen LogP contribution is 2.45. The third kappa shape index (κ3) is 3.91. The van der Waals surface area contributed by atoms with E-state index < -0.39 is 0 Å². The SMILES string of the molecule is CCN1CC2(CCN(Cc3ccncc3)CC2)C[C@H](c2ccccc2)C1=O. The lowest BCUT2D eigenvalue weighted by Crippen LogP contribution is -2.53. The number of nitrogens with zero attached hydrogens (tertiary/aromatic N) is 3. The molecule has 1 atom stereocenters. The lowest BCUT2D eigenvalue weighted by atomic mass is 9.67. The van der Waals surface area contributed by atoms with E-state index in [1.807, 2.05) is 18.5 Å². The molecule has 2 aliphatic heterocycles. The molecule has 2 aromatic rings. The van der Waals surface area contributed by atoms with Crippen LogP contribution in [-0.4, -0.2) is 46.9 Å². The first kappa shape index (κ1) is 18.2. The van der Waals surface area contributed by atoms with E-state index in [0.717, 1.165) is 39.1 Å². The summed E-state index contributed by atoms with van der Waals surface area (Å²) in [5.74, 6) is 0.334. The summed E-state index contributed by atoms with van der Waals surface area (Å²) in [5, 5.41) is 0. The number of amides is 1. The molecule has 1 amide bonds. The fourth-order valence-electron chi connectivity index (χ4n) is 4.80. The molecule has 0 unspecified atom stereocenters. The van der Waals surface area contributed by atoms with Crippen LogP contribution >= 0.6 is 0 Å². The van der Waals surface area contributed by atoms with Gasteiger partial charge in [0.15, 0.2) is 0 Å². The van der Waals surface area contributed by atoms with E-state index in [2.05, 4.69) is 58.1 Å². The number of hydrogen-bond acceptors (Lipinski definition) is 3. The van der Waals surface area contributed by atoms with E-state index in [4.69, 9.17) is 0 Å². The smallest absolute Gasteiger partial charge is 0.230 e. The number of carbonyl (C=O) groups is 1. The second-order valence-electron chi connectivity index (χ2n) is 8.15. The predicted molar refractivity (Wildman–Crippen MR) is 107 cm³/mol.